The molecule has 2 heterocycles. The molecule has 0 aliphatic carbocycles. The number of hydrogen-bond acceptors (Lipinski definition) is 5. The number of hydrogen-bond donors (Lipinski definition) is 1. The third-order valence-electron chi connectivity index (χ3n) is 4.10. The molecule has 2 rings (SSSR count). The molecule has 0 bridgehead atoms. The minimum Gasteiger partial charge on any atom is -0.370 e. The van der Waals surface area contributed by atoms with E-state index in [2.05, 4.69) is 54.1 Å². The Morgan fingerprint density at radius 2 is 2.19 bits per heavy atom. The third kappa shape index (κ3) is 4.30. The fraction of sp³-hybridized carbons (Fsp3) is 0.750. The second-order valence-electron chi connectivity index (χ2n) is 5.98. The van der Waals surface area contributed by atoms with Crippen LogP contribution in [0, 0.1) is 0 Å². The van der Waals surface area contributed by atoms with Crippen LogP contribution in [0.2, 0.25) is 0 Å². The Morgan fingerprint density at radius 1 is 1.38 bits per heavy atom. The molecule has 0 aromatic carbocycles. The highest BCUT2D eigenvalue weighted by Gasteiger charge is 2.22. The summed E-state index contributed by atoms with van der Waals surface area (Å²) in [5, 5.41) is 3.33. The lowest BCUT2D eigenvalue weighted by Gasteiger charge is -2.36. The molecule has 1 unspecified atom stereocenters. The summed E-state index contributed by atoms with van der Waals surface area (Å²) in [5.41, 5.74) is 0. The van der Waals surface area contributed by atoms with Gasteiger partial charge in [0.25, 0.3) is 0 Å². The summed E-state index contributed by atoms with van der Waals surface area (Å²) in [6.07, 6.45) is 4.51. The first kappa shape index (κ1) is 16.0. The van der Waals surface area contributed by atoms with Crippen LogP contribution in [-0.4, -0.2) is 54.6 Å². The molecule has 1 saturated heterocycles. The van der Waals surface area contributed by atoms with Crippen molar-refractivity contribution in [3.8, 4) is 0 Å². The van der Waals surface area contributed by atoms with Crippen LogP contribution in [0.25, 0.3) is 0 Å². The van der Waals surface area contributed by atoms with Gasteiger partial charge < -0.3 is 15.1 Å². The van der Waals surface area contributed by atoms with E-state index in [0.717, 1.165) is 43.4 Å². The molecule has 5 heteroatoms. The Kier molecular flexibility index (Phi) is 5.79. The topological polar surface area (TPSA) is 44.3 Å². The van der Waals surface area contributed by atoms with Crippen LogP contribution >= 0.6 is 0 Å². The number of nitrogens with zero attached hydrogens (tertiary/aromatic N) is 4. The lowest BCUT2D eigenvalue weighted by molar-refractivity contribution is 0.247. The average molecular weight is 291 g/mol. The molecule has 118 valence electrons. The van der Waals surface area contributed by atoms with E-state index in [-0.39, 0.29) is 0 Å². The molecule has 0 saturated carbocycles. The number of piperidine rings is 1. The second kappa shape index (κ2) is 7.59. The van der Waals surface area contributed by atoms with Crippen LogP contribution in [0.4, 0.5) is 11.6 Å². The van der Waals surface area contributed by atoms with E-state index in [0.29, 0.717) is 6.04 Å². The molecule has 1 N–H and O–H groups in total. The zero-order chi connectivity index (χ0) is 15.2. The van der Waals surface area contributed by atoms with Crippen molar-refractivity contribution in [3.05, 3.63) is 11.9 Å². The Morgan fingerprint density at radius 3 is 2.86 bits per heavy atom. The number of rotatable bonds is 6. The van der Waals surface area contributed by atoms with Gasteiger partial charge in [0, 0.05) is 38.7 Å². The van der Waals surface area contributed by atoms with Crippen molar-refractivity contribution >= 4 is 11.6 Å². The lowest BCUT2D eigenvalue weighted by atomic mass is 10.1. The zero-order valence-corrected chi connectivity index (χ0v) is 13.9. The van der Waals surface area contributed by atoms with E-state index in [1.54, 1.807) is 0 Å². The summed E-state index contributed by atoms with van der Waals surface area (Å²) >= 11 is 0. The van der Waals surface area contributed by atoms with Crippen LogP contribution < -0.4 is 10.2 Å². The summed E-state index contributed by atoms with van der Waals surface area (Å²) in [6.45, 7) is 7.47. The minimum atomic E-state index is 0.544. The molecule has 0 amide bonds. The number of aromatic nitrogens is 2. The van der Waals surface area contributed by atoms with Gasteiger partial charge >= 0.3 is 0 Å². The van der Waals surface area contributed by atoms with Gasteiger partial charge in [0.2, 0.25) is 0 Å². The van der Waals surface area contributed by atoms with E-state index in [9.17, 15) is 0 Å². The van der Waals surface area contributed by atoms with Crippen molar-refractivity contribution in [2.24, 2.45) is 0 Å². The van der Waals surface area contributed by atoms with Gasteiger partial charge in [-0.2, -0.15) is 0 Å². The van der Waals surface area contributed by atoms with Crippen molar-refractivity contribution in [2.45, 2.75) is 45.6 Å². The molecule has 1 aliphatic rings. The SMILES string of the molecule is CCCc1nc(NCC)cc(N(C)C2CCCN(C)C2)n1. The van der Waals surface area contributed by atoms with Gasteiger partial charge in [0.05, 0.1) is 0 Å². The highest BCUT2D eigenvalue weighted by molar-refractivity contribution is 5.49. The predicted octanol–water partition coefficient (Wildman–Crippen LogP) is 2.39. The highest BCUT2D eigenvalue weighted by atomic mass is 15.2. The van der Waals surface area contributed by atoms with Gasteiger partial charge in [0.1, 0.15) is 17.5 Å². The summed E-state index contributed by atoms with van der Waals surface area (Å²) in [5.74, 6) is 2.94. The van der Waals surface area contributed by atoms with Crippen LogP contribution in [0.15, 0.2) is 6.07 Å². The fourth-order valence-corrected chi connectivity index (χ4v) is 2.91. The standard InChI is InChI=1S/C16H29N5/c1-5-8-14-18-15(17-6-2)11-16(19-14)21(4)13-9-7-10-20(3)12-13/h11,13H,5-10,12H2,1-4H3,(H,17,18,19). The van der Waals surface area contributed by atoms with Crippen molar-refractivity contribution in [1.29, 1.82) is 0 Å². The second-order valence-corrected chi connectivity index (χ2v) is 5.98. The number of aryl methyl sites for hydroxylation is 1. The molecule has 0 radical (unpaired) electrons. The Balaban J connectivity index is 2.19. The van der Waals surface area contributed by atoms with Crippen LogP contribution in [0.3, 0.4) is 0 Å². The van der Waals surface area contributed by atoms with Gasteiger partial charge in [0.15, 0.2) is 0 Å². The molecule has 0 spiro atoms. The molecule has 21 heavy (non-hydrogen) atoms. The first-order valence-electron chi connectivity index (χ1n) is 8.17. The number of likely N-dealkylation sites (tertiary alicyclic amines) is 1. The number of nitrogens with one attached hydrogen (secondary N) is 1. The summed E-state index contributed by atoms with van der Waals surface area (Å²) in [4.78, 5) is 14.1. The van der Waals surface area contributed by atoms with E-state index >= 15 is 0 Å². The van der Waals surface area contributed by atoms with Crippen LogP contribution in [0.5, 0.6) is 0 Å². The molecule has 1 aliphatic heterocycles. The van der Waals surface area contributed by atoms with Gasteiger partial charge in [-0.1, -0.05) is 6.92 Å². The predicted molar refractivity (Wildman–Crippen MR) is 89.1 cm³/mol. The Labute approximate surface area is 128 Å². The van der Waals surface area contributed by atoms with Crippen molar-refractivity contribution in [2.75, 3.05) is 43.9 Å². The fourth-order valence-electron chi connectivity index (χ4n) is 2.91. The first-order chi connectivity index (χ1) is 10.1. The maximum Gasteiger partial charge on any atom is 0.134 e. The number of likely N-dealkylation sites (N-methyl/N-ethyl adjacent to an activating group) is 2. The van der Waals surface area contributed by atoms with Gasteiger partial charge in [-0.05, 0) is 39.8 Å². The monoisotopic (exact) mass is 291 g/mol. The van der Waals surface area contributed by atoms with Crippen LogP contribution in [-0.2, 0) is 6.42 Å². The Bertz CT molecular complexity index is 424. The average Bonchev–Trinajstić information content (AvgIpc) is 2.47. The molecule has 1 atom stereocenters. The Hall–Kier alpha value is -1.36. The quantitative estimate of drug-likeness (QED) is 0.872. The molecule has 5 nitrogen and oxygen atoms in total. The first-order valence-corrected chi connectivity index (χ1v) is 8.17. The summed E-state index contributed by atoms with van der Waals surface area (Å²) in [6, 6.07) is 2.62. The third-order valence-corrected chi connectivity index (χ3v) is 4.10. The summed E-state index contributed by atoms with van der Waals surface area (Å²) in [7, 11) is 4.37. The van der Waals surface area contributed by atoms with Crippen molar-refractivity contribution < 1.29 is 0 Å². The largest absolute Gasteiger partial charge is 0.370 e. The van der Waals surface area contributed by atoms with Gasteiger partial charge in [-0.25, -0.2) is 9.97 Å². The van der Waals surface area contributed by atoms with Crippen molar-refractivity contribution in [3.63, 3.8) is 0 Å². The molecular weight excluding hydrogens is 262 g/mol. The smallest absolute Gasteiger partial charge is 0.134 e. The van der Waals surface area contributed by atoms with Crippen molar-refractivity contribution in [1.82, 2.24) is 14.9 Å². The molecular formula is C16H29N5. The minimum absolute atomic E-state index is 0.544. The van der Waals surface area contributed by atoms with Gasteiger partial charge in [-0.3, -0.25) is 0 Å². The highest BCUT2D eigenvalue weighted by Crippen LogP contribution is 2.22. The number of anilines is 2. The van der Waals surface area contributed by atoms with E-state index in [1.807, 2.05) is 0 Å². The molecule has 1 aromatic heterocycles. The van der Waals surface area contributed by atoms with E-state index < -0.39 is 0 Å². The summed E-state index contributed by atoms with van der Waals surface area (Å²) < 4.78 is 0. The van der Waals surface area contributed by atoms with Gasteiger partial charge in [-0.15, -0.1) is 0 Å². The van der Waals surface area contributed by atoms with E-state index in [1.165, 1.54) is 19.4 Å². The lowest BCUT2D eigenvalue weighted by Crippen LogP contribution is -2.45. The molecule has 1 aromatic rings. The maximum atomic E-state index is 4.76. The van der Waals surface area contributed by atoms with E-state index in [4.69, 9.17) is 4.98 Å². The van der Waals surface area contributed by atoms with Crippen LogP contribution in [0.1, 0.15) is 38.9 Å². The molecule has 1 fully saturated rings. The normalized spacial score (nSPS) is 19.5. The zero-order valence-electron chi connectivity index (χ0n) is 13.9. The maximum absolute atomic E-state index is 4.76.